The summed E-state index contributed by atoms with van der Waals surface area (Å²) in [5, 5.41) is 14.4. The quantitative estimate of drug-likeness (QED) is 0.671. The Morgan fingerprint density at radius 3 is 2.52 bits per heavy atom. The number of aryl methyl sites for hydroxylation is 1. The molecule has 1 saturated carbocycles. The van der Waals surface area contributed by atoms with E-state index >= 15 is 0 Å². The van der Waals surface area contributed by atoms with Crippen molar-refractivity contribution in [3.63, 3.8) is 0 Å². The number of benzene rings is 1. The average molecular weight is 340 g/mol. The predicted molar refractivity (Wildman–Crippen MR) is 93.6 cm³/mol. The Kier molecular flexibility index (Phi) is 3.43. The molecule has 1 aliphatic carbocycles. The van der Waals surface area contributed by atoms with Gasteiger partial charge in [0.1, 0.15) is 16.7 Å². The molecule has 2 aromatic heterocycles. The van der Waals surface area contributed by atoms with Crippen LogP contribution in [0.3, 0.4) is 0 Å². The molecule has 1 aromatic carbocycles. The molecule has 1 fully saturated rings. The zero-order valence-electron chi connectivity index (χ0n) is 14.2. The average Bonchev–Trinajstić information content (AvgIpc) is 3.20. The molecule has 0 radical (unpaired) electrons. The van der Waals surface area contributed by atoms with Gasteiger partial charge in [-0.1, -0.05) is 36.8 Å². The normalized spacial score (nSPS) is 16.9. The van der Waals surface area contributed by atoms with Gasteiger partial charge < -0.3 is 5.11 Å². The van der Waals surface area contributed by atoms with Gasteiger partial charge in [0.2, 0.25) is 0 Å². The Bertz CT molecular complexity index is 1050. The third kappa shape index (κ3) is 2.51. The van der Waals surface area contributed by atoms with Crippen molar-refractivity contribution in [1.82, 2.24) is 19.7 Å². The molecule has 3 N–H and O–H groups in total. The van der Waals surface area contributed by atoms with E-state index in [2.05, 4.69) is 34.1 Å². The van der Waals surface area contributed by atoms with Gasteiger partial charge in [-0.05, 0) is 30.7 Å². The smallest absolute Gasteiger partial charge is 0.327 e. The zero-order valence-corrected chi connectivity index (χ0v) is 14.2. The number of hydrogen-bond donors (Lipinski definition) is 3. The van der Waals surface area contributed by atoms with Crippen LogP contribution in [0.4, 0.5) is 0 Å². The molecule has 130 valence electrons. The Labute approximate surface area is 143 Å². The van der Waals surface area contributed by atoms with Gasteiger partial charge in [-0.15, -0.1) is 0 Å². The summed E-state index contributed by atoms with van der Waals surface area (Å²) in [5.41, 5.74) is 1.76. The van der Waals surface area contributed by atoms with E-state index in [-0.39, 0.29) is 29.1 Å². The summed E-state index contributed by atoms with van der Waals surface area (Å²) in [6.45, 7) is 3.84. The van der Waals surface area contributed by atoms with Gasteiger partial charge in [-0.25, -0.2) is 9.48 Å². The van der Waals surface area contributed by atoms with Crippen LogP contribution in [0.15, 0.2) is 33.9 Å². The highest BCUT2D eigenvalue weighted by molar-refractivity contribution is 5.77. The highest BCUT2D eigenvalue weighted by atomic mass is 16.3. The SMILES string of the molecule is Cc1ccc([C@@H](n2nc(CO)c3c(=O)[nH]c(=O)[nH]c32)C2(C)CC2)cc1. The second-order valence-corrected chi connectivity index (χ2v) is 7.15. The second kappa shape index (κ2) is 5.42. The monoisotopic (exact) mass is 340 g/mol. The van der Waals surface area contributed by atoms with Crippen molar-refractivity contribution < 1.29 is 5.11 Å². The molecule has 0 amide bonds. The van der Waals surface area contributed by atoms with E-state index in [1.807, 2.05) is 19.1 Å². The van der Waals surface area contributed by atoms with Gasteiger partial charge in [-0.2, -0.15) is 5.10 Å². The third-order valence-corrected chi connectivity index (χ3v) is 5.16. The lowest BCUT2D eigenvalue weighted by Gasteiger charge is -2.25. The molecule has 1 aliphatic rings. The molecule has 7 heteroatoms. The van der Waals surface area contributed by atoms with E-state index in [1.54, 1.807) is 4.68 Å². The fraction of sp³-hybridized carbons (Fsp3) is 0.389. The van der Waals surface area contributed by atoms with Gasteiger partial charge in [0.25, 0.3) is 5.56 Å². The summed E-state index contributed by atoms with van der Waals surface area (Å²) in [6, 6.07) is 8.08. The van der Waals surface area contributed by atoms with Gasteiger partial charge in [0.05, 0.1) is 12.6 Å². The second-order valence-electron chi connectivity index (χ2n) is 7.15. The summed E-state index contributed by atoms with van der Waals surface area (Å²) in [7, 11) is 0. The van der Waals surface area contributed by atoms with Crippen LogP contribution in [0.1, 0.15) is 42.6 Å². The van der Waals surface area contributed by atoms with Crippen LogP contribution in [0.25, 0.3) is 11.0 Å². The summed E-state index contributed by atoms with van der Waals surface area (Å²) in [4.78, 5) is 28.9. The summed E-state index contributed by atoms with van der Waals surface area (Å²) < 4.78 is 1.70. The summed E-state index contributed by atoms with van der Waals surface area (Å²) >= 11 is 0. The first kappa shape index (κ1) is 15.8. The molecule has 0 saturated heterocycles. The largest absolute Gasteiger partial charge is 0.390 e. The van der Waals surface area contributed by atoms with E-state index in [4.69, 9.17) is 0 Å². The summed E-state index contributed by atoms with van der Waals surface area (Å²) in [6.07, 6.45) is 2.07. The Morgan fingerprint density at radius 1 is 1.24 bits per heavy atom. The molecule has 25 heavy (non-hydrogen) atoms. The Balaban J connectivity index is 2.01. The number of hydrogen-bond acceptors (Lipinski definition) is 4. The lowest BCUT2D eigenvalue weighted by molar-refractivity contribution is 0.273. The van der Waals surface area contributed by atoms with E-state index in [0.29, 0.717) is 5.65 Å². The van der Waals surface area contributed by atoms with Gasteiger partial charge >= 0.3 is 5.69 Å². The first-order valence-corrected chi connectivity index (χ1v) is 8.34. The van der Waals surface area contributed by atoms with Crippen molar-refractivity contribution >= 4 is 11.0 Å². The van der Waals surface area contributed by atoms with Crippen molar-refractivity contribution in [2.45, 2.75) is 39.3 Å². The molecule has 3 aromatic rings. The number of fused-ring (bicyclic) bond motifs is 1. The Morgan fingerprint density at radius 2 is 1.92 bits per heavy atom. The van der Waals surface area contributed by atoms with Crippen molar-refractivity contribution in [2.75, 3.05) is 0 Å². The third-order valence-electron chi connectivity index (χ3n) is 5.16. The van der Waals surface area contributed by atoms with Gasteiger partial charge in [0.15, 0.2) is 0 Å². The lowest BCUT2D eigenvalue weighted by atomic mass is 9.91. The number of aliphatic hydroxyl groups excluding tert-OH is 1. The molecule has 4 rings (SSSR count). The fourth-order valence-electron chi connectivity index (χ4n) is 3.50. The van der Waals surface area contributed by atoms with Gasteiger partial charge in [-0.3, -0.25) is 14.8 Å². The van der Waals surface area contributed by atoms with E-state index in [9.17, 15) is 14.7 Å². The van der Waals surface area contributed by atoms with Crippen molar-refractivity contribution in [1.29, 1.82) is 0 Å². The topological polar surface area (TPSA) is 104 Å². The highest BCUT2D eigenvalue weighted by Gasteiger charge is 2.47. The lowest BCUT2D eigenvalue weighted by Crippen LogP contribution is -2.25. The van der Waals surface area contributed by atoms with Gasteiger partial charge in [0, 0.05) is 0 Å². The molecule has 1 atom stereocenters. The number of H-pyrrole nitrogens is 2. The zero-order chi connectivity index (χ0) is 17.8. The van der Waals surface area contributed by atoms with Crippen molar-refractivity contribution in [3.8, 4) is 0 Å². The van der Waals surface area contributed by atoms with Crippen LogP contribution < -0.4 is 11.2 Å². The first-order chi connectivity index (χ1) is 11.9. The van der Waals surface area contributed by atoms with Crippen LogP contribution >= 0.6 is 0 Å². The van der Waals surface area contributed by atoms with Crippen molar-refractivity contribution in [2.24, 2.45) is 5.41 Å². The Hall–Kier alpha value is -2.67. The molecule has 0 spiro atoms. The van der Waals surface area contributed by atoms with E-state index in [1.165, 1.54) is 0 Å². The first-order valence-electron chi connectivity index (χ1n) is 8.34. The maximum Gasteiger partial charge on any atom is 0.327 e. The molecule has 0 aliphatic heterocycles. The molecular weight excluding hydrogens is 320 g/mol. The minimum atomic E-state index is -0.577. The number of nitrogens with one attached hydrogen (secondary N) is 2. The molecular formula is C18H20N4O3. The maximum absolute atomic E-state index is 12.2. The number of aromatic nitrogens is 4. The maximum atomic E-state index is 12.2. The fourth-order valence-corrected chi connectivity index (χ4v) is 3.50. The minimum Gasteiger partial charge on any atom is -0.390 e. The van der Waals surface area contributed by atoms with Crippen LogP contribution in [-0.4, -0.2) is 24.9 Å². The number of rotatable bonds is 4. The molecule has 0 bridgehead atoms. The van der Waals surface area contributed by atoms with Crippen molar-refractivity contribution in [3.05, 3.63) is 61.9 Å². The minimum absolute atomic E-state index is 0.000421. The molecule has 0 unspecified atom stereocenters. The standard InChI is InChI=1S/C18H20N4O3/c1-10-3-5-11(6-4-10)14(18(2)7-8-18)22-15-13(12(9-23)21-22)16(24)20-17(25)19-15/h3-6,14,23H,7-9H2,1-2H3,(H2,19,20,24,25)/t14-/m1/s1. The highest BCUT2D eigenvalue weighted by Crippen LogP contribution is 2.56. The summed E-state index contributed by atoms with van der Waals surface area (Å²) in [5.74, 6) is 0. The van der Waals surface area contributed by atoms with Crippen LogP contribution in [0.5, 0.6) is 0 Å². The number of aliphatic hydroxyl groups is 1. The van der Waals surface area contributed by atoms with E-state index in [0.717, 1.165) is 24.0 Å². The number of nitrogens with zero attached hydrogens (tertiary/aromatic N) is 2. The van der Waals surface area contributed by atoms with Crippen LogP contribution in [0, 0.1) is 12.3 Å². The predicted octanol–water partition coefficient (Wildman–Crippen LogP) is 1.60. The molecule has 7 nitrogen and oxygen atoms in total. The van der Waals surface area contributed by atoms with Crippen LogP contribution in [-0.2, 0) is 6.61 Å². The van der Waals surface area contributed by atoms with E-state index < -0.39 is 11.2 Å². The molecule has 2 heterocycles. The number of aromatic amines is 2. The van der Waals surface area contributed by atoms with Crippen LogP contribution in [0.2, 0.25) is 0 Å².